The first kappa shape index (κ1) is 11.3. The van der Waals surface area contributed by atoms with Gasteiger partial charge in [0.25, 0.3) is 0 Å². The smallest absolute Gasteiger partial charge is 0.244 e. The van der Waals surface area contributed by atoms with Gasteiger partial charge in [-0.2, -0.15) is 18.7 Å². The summed E-state index contributed by atoms with van der Waals surface area (Å²) in [6.07, 6.45) is -4.49. The Hall–Kier alpha value is -0.790. The second-order valence-corrected chi connectivity index (χ2v) is 3.01. The maximum Gasteiger partial charge on any atom is 0.440 e. The van der Waals surface area contributed by atoms with E-state index in [9.17, 15) is 8.78 Å². The molecular formula is C6H9ClF2N4O. The average Bonchev–Trinajstić information content (AvgIpc) is 1.95. The molecule has 0 spiro atoms. The highest BCUT2D eigenvalue weighted by Crippen LogP contribution is 2.18. The van der Waals surface area contributed by atoms with Crippen molar-refractivity contribution in [3.8, 4) is 0 Å². The fourth-order valence-electron chi connectivity index (χ4n) is 0.934. The Bertz CT molecular complexity index is 288. The van der Waals surface area contributed by atoms with Crippen LogP contribution in [-0.4, -0.2) is 28.6 Å². The number of hydroxylamine groups is 2. The lowest BCUT2D eigenvalue weighted by Crippen LogP contribution is -2.47. The van der Waals surface area contributed by atoms with Gasteiger partial charge in [0.2, 0.25) is 5.29 Å². The highest BCUT2D eigenvalue weighted by atomic mass is 35.5. The maximum atomic E-state index is 12.3. The van der Waals surface area contributed by atoms with Gasteiger partial charge in [0, 0.05) is 0 Å². The van der Waals surface area contributed by atoms with Crippen LogP contribution in [0.1, 0.15) is 13.8 Å². The van der Waals surface area contributed by atoms with Crippen molar-refractivity contribution in [2.75, 3.05) is 0 Å². The molecule has 8 heteroatoms. The number of rotatable bonds is 2. The molecule has 2 N–H and O–H groups in total. The van der Waals surface area contributed by atoms with Gasteiger partial charge in [-0.15, -0.1) is 0 Å². The maximum absolute atomic E-state index is 12.3. The van der Waals surface area contributed by atoms with E-state index in [4.69, 9.17) is 11.6 Å². The summed E-state index contributed by atoms with van der Waals surface area (Å²) >= 11 is 5.56. The minimum Gasteiger partial charge on any atom is -0.244 e. The molecule has 0 amide bonds. The molecule has 80 valence electrons. The van der Waals surface area contributed by atoms with Crippen molar-refractivity contribution in [2.45, 2.75) is 26.2 Å². The number of alkyl halides is 2. The van der Waals surface area contributed by atoms with Gasteiger partial charge in [-0.25, -0.2) is 15.7 Å². The quantitative estimate of drug-likeness (QED) is 0.567. The zero-order chi connectivity index (χ0) is 10.9. The summed E-state index contributed by atoms with van der Waals surface area (Å²) in [6.45, 7) is 3.11. The van der Waals surface area contributed by atoms with E-state index in [2.05, 4.69) is 20.6 Å². The van der Waals surface area contributed by atoms with E-state index in [-0.39, 0.29) is 5.29 Å². The minimum absolute atomic E-state index is 0.227. The van der Waals surface area contributed by atoms with Crippen LogP contribution in [0.2, 0.25) is 0 Å². The SMILES string of the molecule is CC1=NC(C)N(OC(N)(F)F)C(Cl)=N1. The molecule has 0 saturated carbocycles. The van der Waals surface area contributed by atoms with Crippen molar-refractivity contribution in [3.63, 3.8) is 0 Å². The van der Waals surface area contributed by atoms with Crippen molar-refractivity contribution in [3.05, 3.63) is 0 Å². The van der Waals surface area contributed by atoms with Crippen LogP contribution in [-0.2, 0) is 4.84 Å². The van der Waals surface area contributed by atoms with Crippen molar-refractivity contribution in [1.29, 1.82) is 0 Å². The predicted molar refractivity (Wildman–Crippen MR) is 47.9 cm³/mol. The Labute approximate surface area is 84.2 Å². The molecule has 0 radical (unpaired) electrons. The van der Waals surface area contributed by atoms with Gasteiger partial charge in [0.05, 0.1) is 0 Å². The van der Waals surface area contributed by atoms with Gasteiger partial charge in [-0.05, 0) is 25.4 Å². The lowest BCUT2D eigenvalue weighted by Gasteiger charge is -2.29. The highest BCUT2D eigenvalue weighted by molar-refractivity contribution is 6.65. The van der Waals surface area contributed by atoms with Crippen LogP contribution in [0.25, 0.3) is 0 Å². The Morgan fingerprint density at radius 3 is 2.64 bits per heavy atom. The second-order valence-electron chi connectivity index (χ2n) is 2.67. The largest absolute Gasteiger partial charge is 0.440 e. The molecule has 0 fully saturated rings. The molecule has 0 bridgehead atoms. The van der Waals surface area contributed by atoms with E-state index in [0.29, 0.717) is 10.9 Å². The molecule has 1 atom stereocenters. The van der Waals surface area contributed by atoms with Gasteiger partial charge >= 0.3 is 6.23 Å². The number of nitrogens with two attached hydrogens (primary N) is 1. The van der Waals surface area contributed by atoms with Crippen LogP contribution in [0.3, 0.4) is 0 Å². The zero-order valence-corrected chi connectivity index (χ0v) is 8.29. The molecule has 1 unspecified atom stereocenters. The van der Waals surface area contributed by atoms with E-state index in [0.717, 1.165) is 0 Å². The third-order valence-electron chi connectivity index (χ3n) is 1.37. The zero-order valence-electron chi connectivity index (χ0n) is 7.54. The lowest BCUT2D eigenvalue weighted by molar-refractivity contribution is -0.334. The average molecular weight is 227 g/mol. The molecule has 0 saturated heterocycles. The predicted octanol–water partition coefficient (Wildman–Crippen LogP) is 1.10. The standard InChI is InChI=1S/C6H9ClF2N4O/c1-3-11-4(2)13(5(7)12-3)14-6(8,9)10/h4H,10H2,1-2H3. The van der Waals surface area contributed by atoms with Gasteiger partial charge in [0.1, 0.15) is 12.0 Å². The molecule has 0 aromatic heterocycles. The van der Waals surface area contributed by atoms with E-state index in [1.807, 2.05) is 0 Å². The van der Waals surface area contributed by atoms with Crippen LogP contribution >= 0.6 is 11.6 Å². The number of hydrogen-bond acceptors (Lipinski definition) is 5. The molecule has 1 aliphatic heterocycles. The summed E-state index contributed by atoms with van der Waals surface area (Å²) in [6, 6.07) is 0. The van der Waals surface area contributed by atoms with Gasteiger partial charge in [-0.1, -0.05) is 0 Å². The number of halogens is 3. The highest BCUT2D eigenvalue weighted by Gasteiger charge is 2.33. The summed E-state index contributed by atoms with van der Waals surface area (Å²) in [5, 5.41) is 0.421. The third-order valence-corrected chi connectivity index (χ3v) is 1.62. The topological polar surface area (TPSA) is 63.2 Å². The van der Waals surface area contributed by atoms with Gasteiger partial charge < -0.3 is 0 Å². The fraction of sp³-hybridized carbons (Fsp3) is 0.667. The molecule has 14 heavy (non-hydrogen) atoms. The van der Waals surface area contributed by atoms with Crippen molar-refractivity contribution >= 4 is 22.7 Å². The van der Waals surface area contributed by atoms with Gasteiger partial charge in [-0.3, -0.25) is 0 Å². The van der Waals surface area contributed by atoms with E-state index < -0.39 is 12.4 Å². The fourth-order valence-corrected chi connectivity index (χ4v) is 1.23. The Balaban J connectivity index is 2.77. The second kappa shape index (κ2) is 3.76. The number of aliphatic imine (C=N–C) groups is 2. The Morgan fingerprint density at radius 1 is 1.64 bits per heavy atom. The molecule has 0 aromatic rings. The van der Waals surface area contributed by atoms with Crippen LogP contribution in [0, 0.1) is 0 Å². The van der Waals surface area contributed by atoms with E-state index in [1.165, 1.54) is 6.92 Å². The van der Waals surface area contributed by atoms with E-state index >= 15 is 0 Å². The number of amidine groups is 2. The summed E-state index contributed by atoms with van der Waals surface area (Å²) < 4.78 is 24.6. The van der Waals surface area contributed by atoms with Crippen molar-refractivity contribution in [2.24, 2.45) is 15.7 Å². The molecule has 0 aliphatic carbocycles. The first-order valence-electron chi connectivity index (χ1n) is 3.73. The van der Waals surface area contributed by atoms with Crippen LogP contribution in [0.5, 0.6) is 0 Å². The van der Waals surface area contributed by atoms with Crippen LogP contribution in [0.15, 0.2) is 9.98 Å². The van der Waals surface area contributed by atoms with Crippen LogP contribution < -0.4 is 5.73 Å². The normalized spacial score (nSPS) is 23.3. The summed E-state index contributed by atoms with van der Waals surface area (Å²) in [4.78, 5) is 11.6. The number of hydrogen-bond donors (Lipinski definition) is 1. The Kier molecular flexibility index (Phi) is 3.03. The summed E-state index contributed by atoms with van der Waals surface area (Å²) in [7, 11) is 0. The molecular weight excluding hydrogens is 218 g/mol. The number of nitrogens with zero attached hydrogens (tertiary/aromatic N) is 3. The molecule has 1 heterocycles. The first-order chi connectivity index (χ1) is 6.29. The molecule has 0 aromatic carbocycles. The first-order valence-corrected chi connectivity index (χ1v) is 4.11. The van der Waals surface area contributed by atoms with Crippen molar-refractivity contribution in [1.82, 2.24) is 5.06 Å². The van der Waals surface area contributed by atoms with Gasteiger partial charge in [0.15, 0.2) is 0 Å². The third kappa shape index (κ3) is 2.86. The Morgan fingerprint density at radius 2 is 2.21 bits per heavy atom. The summed E-state index contributed by atoms with van der Waals surface area (Å²) in [5.41, 5.74) is 4.37. The lowest BCUT2D eigenvalue weighted by atomic mass is 10.5. The minimum atomic E-state index is -3.80. The monoisotopic (exact) mass is 226 g/mol. The summed E-state index contributed by atoms with van der Waals surface area (Å²) in [5.74, 6) is 0.391. The molecule has 5 nitrogen and oxygen atoms in total. The van der Waals surface area contributed by atoms with Crippen molar-refractivity contribution < 1.29 is 13.6 Å². The van der Waals surface area contributed by atoms with E-state index in [1.54, 1.807) is 6.92 Å². The molecule has 1 aliphatic rings. The molecule has 1 rings (SSSR count). The van der Waals surface area contributed by atoms with Crippen LogP contribution in [0.4, 0.5) is 8.78 Å².